The van der Waals surface area contributed by atoms with E-state index in [0.29, 0.717) is 58.6 Å². The molecule has 0 saturated carbocycles. The SMILES string of the molecule is C[C@@H]1CCN(c2nc3cc(Cl)ccc3o2)CCN1C(=O)c1cc(CO)ccc1-n1nccn1. The average Bonchev–Trinajstić information content (AvgIpc) is 3.46. The standard InChI is InChI=1S/C23H23ClN6O3/c1-15-6-9-28(23-27-19-13-17(24)3-5-21(19)33-23)10-11-29(15)22(32)18-12-16(14-31)2-4-20(18)30-25-7-8-26-30/h2-5,7-8,12-13,15,31H,6,9-11,14H2,1H3/t15-/m1/s1. The number of rotatable bonds is 4. The number of hydrogen-bond acceptors (Lipinski definition) is 7. The summed E-state index contributed by atoms with van der Waals surface area (Å²) >= 11 is 6.08. The number of hydrogen-bond donors (Lipinski definition) is 1. The number of nitrogens with zero attached hydrogens (tertiary/aromatic N) is 6. The molecule has 170 valence electrons. The first kappa shape index (κ1) is 21.4. The Morgan fingerprint density at radius 3 is 2.76 bits per heavy atom. The van der Waals surface area contributed by atoms with Gasteiger partial charge in [-0.25, -0.2) is 0 Å². The third kappa shape index (κ3) is 4.17. The van der Waals surface area contributed by atoms with Crippen LogP contribution in [0.1, 0.15) is 29.3 Å². The molecule has 1 atom stereocenters. The average molecular weight is 467 g/mol. The summed E-state index contributed by atoms with van der Waals surface area (Å²) in [6.45, 7) is 3.66. The molecule has 33 heavy (non-hydrogen) atoms. The van der Waals surface area contributed by atoms with Crippen molar-refractivity contribution >= 4 is 34.6 Å². The third-order valence-corrected chi connectivity index (χ3v) is 6.17. The predicted molar refractivity (Wildman–Crippen MR) is 124 cm³/mol. The van der Waals surface area contributed by atoms with E-state index >= 15 is 0 Å². The van der Waals surface area contributed by atoms with E-state index in [1.165, 1.54) is 4.80 Å². The molecule has 9 nitrogen and oxygen atoms in total. The second-order valence-electron chi connectivity index (χ2n) is 8.06. The Hall–Kier alpha value is -3.43. The summed E-state index contributed by atoms with van der Waals surface area (Å²) in [6.07, 6.45) is 3.88. The number of anilines is 1. The van der Waals surface area contributed by atoms with Crippen molar-refractivity contribution in [3.8, 4) is 5.69 Å². The van der Waals surface area contributed by atoms with E-state index in [1.807, 2.05) is 17.9 Å². The Morgan fingerprint density at radius 2 is 1.97 bits per heavy atom. The lowest BCUT2D eigenvalue weighted by atomic mass is 10.1. The molecule has 2 aromatic carbocycles. The number of carbonyl (C=O) groups excluding carboxylic acids is 1. The predicted octanol–water partition coefficient (Wildman–Crippen LogP) is 3.30. The monoisotopic (exact) mass is 466 g/mol. The van der Waals surface area contributed by atoms with E-state index in [1.54, 1.807) is 42.7 Å². The normalized spacial score (nSPS) is 16.9. The van der Waals surface area contributed by atoms with Crippen LogP contribution >= 0.6 is 11.6 Å². The number of fused-ring (bicyclic) bond motifs is 1. The Kier molecular flexibility index (Phi) is 5.74. The Bertz CT molecular complexity index is 1290. The van der Waals surface area contributed by atoms with Crippen LogP contribution in [-0.4, -0.2) is 61.6 Å². The van der Waals surface area contributed by atoms with Crippen molar-refractivity contribution in [2.45, 2.75) is 26.0 Å². The highest BCUT2D eigenvalue weighted by Crippen LogP contribution is 2.27. The smallest absolute Gasteiger partial charge is 0.298 e. The molecule has 0 aliphatic carbocycles. The fourth-order valence-electron chi connectivity index (χ4n) is 4.10. The number of carbonyl (C=O) groups is 1. The molecule has 0 spiro atoms. The zero-order valence-electron chi connectivity index (χ0n) is 18.1. The van der Waals surface area contributed by atoms with Gasteiger partial charge in [-0.3, -0.25) is 4.79 Å². The minimum Gasteiger partial charge on any atom is -0.423 e. The second-order valence-corrected chi connectivity index (χ2v) is 8.50. The lowest BCUT2D eigenvalue weighted by Gasteiger charge is -2.27. The summed E-state index contributed by atoms with van der Waals surface area (Å²) in [5, 5.41) is 18.6. The Labute approximate surface area is 195 Å². The van der Waals surface area contributed by atoms with Gasteiger partial charge in [0.15, 0.2) is 5.58 Å². The van der Waals surface area contributed by atoms with E-state index in [0.717, 1.165) is 6.42 Å². The summed E-state index contributed by atoms with van der Waals surface area (Å²) in [4.78, 5) is 23.6. The van der Waals surface area contributed by atoms with Gasteiger partial charge in [0.2, 0.25) is 0 Å². The molecule has 1 aliphatic heterocycles. The molecule has 1 saturated heterocycles. The zero-order valence-corrected chi connectivity index (χ0v) is 18.8. The maximum Gasteiger partial charge on any atom is 0.298 e. The molecule has 10 heteroatoms. The highest BCUT2D eigenvalue weighted by molar-refractivity contribution is 6.31. The molecule has 1 amide bonds. The van der Waals surface area contributed by atoms with E-state index in [4.69, 9.17) is 16.0 Å². The highest BCUT2D eigenvalue weighted by atomic mass is 35.5. The van der Waals surface area contributed by atoms with Crippen molar-refractivity contribution < 1.29 is 14.3 Å². The van der Waals surface area contributed by atoms with Crippen molar-refractivity contribution in [2.75, 3.05) is 24.5 Å². The highest BCUT2D eigenvalue weighted by Gasteiger charge is 2.29. The van der Waals surface area contributed by atoms with Crippen LogP contribution in [0.15, 0.2) is 53.2 Å². The Balaban J connectivity index is 1.41. The molecular weight excluding hydrogens is 444 g/mol. The number of amides is 1. The number of aliphatic hydroxyl groups is 1. The van der Waals surface area contributed by atoms with Gasteiger partial charge in [0.05, 0.1) is 30.3 Å². The van der Waals surface area contributed by atoms with Crippen LogP contribution in [0.4, 0.5) is 6.01 Å². The molecular formula is C23H23ClN6O3. The minimum absolute atomic E-state index is 0.00228. The summed E-state index contributed by atoms with van der Waals surface area (Å²) in [6, 6.07) is 11.1. The van der Waals surface area contributed by atoms with E-state index in [9.17, 15) is 9.90 Å². The van der Waals surface area contributed by atoms with Gasteiger partial charge in [-0.05, 0) is 49.2 Å². The number of aliphatic hydroxyl groups excluding tert-OH is 1. The van der Waals surface area contributed by atoms with E-state index in [-0.39, 0.29) is 18.6 Å². The van der Waals surface area contributed by atoms with Gasteiger partial charge in [0, 0.05) is 30.7 Å². The van der Waals surface area contributed by atoms with Crippen molar-refractivity contribution in [3.05, 3.63) is 64.9 Å². The quantitative estimate of drug-likeness (QED) is 0.492. The number of benzene rings is 2. The van der Waals surface area contributed by atoms with Crippen molar-refractivity contribution in [1.82, 2.24) is 24.9 Å². The first-order chi connectivity index (χ1) is 16.0. The van der Waals surface area contributed by atoms with Gasteiger partial charge in [-0.1, -0.05) is 17.7 Å². The number of aromatic nitrogens is 4. The summed E-state index contributed by atoms with van der Waals surface area (Å²) < 4.78 is 5.94. The first-order valence-electron chi connectivity index (χ1n) is 10.8. The van der Waals surface area contributed by atoms with Gasteiger partial charge < -0.3 is 19.3 Å². The van der Waals surface area contributed by atoms with Gasteiger partial charge in [0.25, 0.3) is 11.9 Å². The molecule has 1 N–H and O–H groups in total. The fourth-order valence-corrected chi connectivity index (χ4v) is 4.26. The summed E-state index contributed by atoms with van der Waals surface area (Å²) in [7, 11) is 0. The molecule has 0 unspecified atom stereocenters. The molecule has 0 bridgehead atoms. The molecule has 2 aromatic heterocycles. The van der Waals surface area contributed by atoms with Crippen LogP contribution in [0.25, 0.3) is 16.8 Å². The van der Waals surface area contributed by atoms with Crippen LogP contribution in [-0.2, 0) is 6.61 Å². The maximum absolute atomic E-state index is 13.7. The maximum atomic E-state index is 13.7. The van der Waals surface area contributed by atoms with Crippen molar-refractivity contribution in [1.29, 1.82) is 0 Å². The van der Waals surface area contributed by atoms with E-state index in [2.05, 4.69) is 20.1 Å². The van der Waals surface area contributed by atoms with Crippen LogP contribution < -0.4 is 4.90 Å². The minimum atomic E-state index is -0.155. The van der Waals surface area contributed by atoms with Gasteiger partial charge >= 0.3 is 0 Å². The first-order valence-corrected chi connectivity index (χ1v) is 11.1. The Morgan fingerprint density at radius 1 is 1.15 bits per heavy atom. The molecule has 3 heterocycles. The van der Waals surface area contributed by atoms with Crippen LogP contribution in [0.5, 0.6) is 0 Å². The molecule has 5 rings (SSSR count). The summed E-state index contributed by atoms with van der Waals surface area (Å²) in [5.74, 6) is -0.128. The third-order valence-electron chi connectivity index (χ3n) is 5.94. The second kappa shape index (κ2) is 8.84. The largest absolute Gasteiger partial charge is 0.423 e. The zero-order chi connectivity index (χ0) is 22.9. The van der Waals surface area contributed by atoms with Gasteiger partial charge in [0.1, 0.15) is 5.52 Å². The molecule has 4 aromatic rings. The van der Waals surface area contributed by atoms with Gasteiger partial charge in [-0.2, -0.15) is 20.0 Å². The van der Waals surface area contributed by atoms with Crippen molar-refractivity contribution in [3.63, 3.8) is 0 Å². The van der Waals surface area contributed by atoms with Crippen LogP contribution in [0, 0.1) is 0 Å². The fraction of sp³-hybridized carbons (Fsp3) is 0.304. The molecule has 1 fully saturated rings. The summed E-state index contributed by atoms with van der Waals surface area (Å²) in [5.41, 5.74) is 3.07. The molecule has 0 radical (unpaired) electrons. The lowest BCUT2D eigenvalue weighted by molar-refractivity contribution is 0.0704. The van der Waals surface area contributed by atoms with Crippen LogP contribution in [0.2, 0.25) is 5.02 Å². The topological polar surface area (TPSA) is 101 Å². The van der Waals surface area contributed by atoms with Gasteiger partial charge in [-0.15, -0.1) is 0 Å². The van der Waals surface area contributed by atoms with E-state index < -0.39 is 0 Å². The van der Waals surface area contributed by atoms with Crippen molar-refractivity contribution in [2.24, 2.45) is 0 Å². The molecule has 1 aliphatic rings. The number of oxazole rings is 1. The number of halogens is 1. The lowest BCUT2D eigenvalue weighted by Crippen LogP contribution is -2.40. The van der Waals surface area contributed by atoms with Crippen LogP contribution in [0.3, 0.4) is 0 Å².